The number of sulfonamides is 1. The molecule has 0 fully saturated rings. The van der Waals surface area contributed by atoms with E-state index in [0.29, 0.717) is 6.54 Å². The first kappa shape index (κ1) is 12.5. The fraction of sp³-hybridized carbons (Fsp3) is 0.500. The molecule has 0 aromatic heterocycles. The summed E-state index contributed by atoms with van der Waals surface area (Å²) < 4.78 is 25.8. The molecule has 0 amide bonds. The van der Waals surface area contributed by atoms with Crippen LogP contribution in [0.3, 0.4) is 0 Å². The highest BCUT2D eigenvalue weighted by atomic mass is 32.2. The maximum Gasteiger partial charge on any atom is 0.214 e. The highest BCUT2D eigenvalue weighted by molar-refractivity contribution is 7.90. The largest absolute Gasteiger partial charge is 0.309 e. The Morgan fingerprint density at radius 2 is 2.00 bits per heavy atom. The summed E-state index contributed by atoms with van der Waals surface area (Å²) in [5.74, 6) is 0. The molecule has 2 N–H and O–H groups in total. The molecule has 4 nitrogen and oxygen atoms in total. The zero-order valence-electron chi connectivity index (χ0n) is 10.2. The predicted octanol–water partition coefficient (Wildman–Crippen LogP) is 1.12. The van der Waals surface area contributed by atoms with Gasteiger partial charge in [0.1, 0.15) is 0 Å². The van der Waals surface area contributed by atoms with Crippen LogP contribution in [-0.4, -0.2) is 13.7 Å². The lowest BCUT2D eigenvalue weighted by molar-refractivity contribution is 0.572. The molecule has 0 saturated carbocycles. The molecule has 0 atom stereocenters. The monoisotopic (exact) mass is 254 g/mol. The Balaban J connectivity index is 2.06. The molecular weight excluding hydrogens is 236 g/mol. The van der Waals surface area contributed by atoms with Gasteiger partial charge < -0.3 is 5.32 Å². The van der Waals surface area contributed by atoms with Crippen LogP contribution in [0.4, 0.5) is 0 Å². The molecule has 0 aliphatic carbocycles. The fourth-order valence-electron chi connectivity index (χ4n) is 1.81. The minimum atomic E-state index is -3.18. The van der Waals surface area contributed by atoms with E-state index in [4.69, 9.17) is 0 Å². The minimum Gasteiger partial charge on any atom is -0.309 e. The Morgan fingerprint density at radius 1 is 1.29 bits per heavy atom. The molecule has 5 heteroatoms. The van der Waals surface area contributed by atoms with Crippen molar-refractivity contribution in [2.75, 3.05) is 0 Å². The maximum absolute atomic E-state index is 11.6. The van der Waals surface area contributed by atoms with E-state index in [1.165, 1.54) is 11.1 Å². The van der Waals surface area contributed by atoms with E-state index >= 15 is 0 Å². The summed E-state index contributed by atoms with van der Waals surface area (Å²) in [7, 11) is -3.18. The number of fused-ring (bicyclic) bond motifs is 1. The van der Waals surface area contributed by atoms with E-state index in [-0.39, 0.29) is 0 Å². The minimum absolute atomic E-state index is 0.369. The van der Waals surface area contributed by atoms with Crippen LogP contribution in [0.15, 0.2) is 18.2 Å². The lowest BCUT2D eigenvalue weighted by Crippen LogP contribution is -2.30. The zero-order valence-corrected chi connectivity index (χ0v) is 11.0. The highest BCUT2D eigenvalue weighted by Crippen LogP contribution is 2.17. The van der Waals surface area contributed by atoms with Gasteiger partial charge in [0.15, 0.2) is 0 Å². The third-order valence-electron chi connectivity index (χ3n) is 3.00. The van der Waals surface area contributed by atoms with E-state index in [1.54, 1.807) is 13.8 Å². The highest BCUT2D eigenvalue weighted by Gasteiger charge is 2.15. The van der Waals surface area contributed by atoms with Crippen LogP contribution in [0.2, 0.25) is 0 Å². The molecular formula is C12H18N2O2S. The molecule has 2 rings (SSSR count). The molecule has 0 radical (unpaired) electrons. The van der Waals surface area contributed by atoms with Crippen molar-refractivity contribution >= 4 is 10.0 Å². The lowest BCUT2D eigenvalue weighted by Gasteiger charge is -2.10. The maximum atomic E-state index is 11.6. The topological polar surface area (TPSA) is 58.2 Å². The summed E-state index contributed by atoms with van der Waals surface area (Å²) in [4.78, 5) is 0. The van der Waals surface area contributed by atoms with Gasteiger partial charge in [0.2, 0.25) is 10.0 Å². The van der Waals surface area contributed by atoms with Crippen molar-refractivity contribution in [3.8, 4) is 0 Å². The van der Waals surface area contributed by atoms with Crippen LogP contribution in [0.1, 0.15) is 30.5 Å². The molecule has 0 saturated heterocycles. The predicted molar refractivity (Wildman–Crippen MR) is 67.9 cm³/mol. The number of rotatable bonds is 4. The van der Waals surface area contributed by atoms with Gasteiger partial charge in [-0.15, -0.1) is 0 Å². The van der Waals surface area contributed by atoms with Crippen molar-refractivity contribution in [3.05, 3.63) is 34.9 Å². The number of hydrogen-bond acceptors (Lipinski definition) is 3. The molecule has 1 heterocycles. The van der Waals surface area contributed by atoms with Gasteiger partial charge in [0, 0.05) is 19.6 Å². The number of nitrogens with one attached hydrogen (secondary N) is 2. The van der Waals surface area contributed by atoms with Crippen molar-refractivity contribution in [1.82, 2.24) is 10.0 Å². The molecule has 0 unspecified atom stereocenters. The Hall–Kier alpha value is -0.910. The van der Waals surface area contributed by atoms with Crippen LogP contribution in [0.25, 0.3) is 0 Å². The summed E-state index contributed by atoms with van der Waals surface area (Å²) in [6.45, 7) is 5.51. The normalized spacial score (nSPS) is 15.2. The van der Waals surface area contributed by atoms with E-state index in [0.717, 1.165) is 18.7 Å². The van der Waals surface area contributed by atoms with Crippen LogP contribution in [-0.2, 0) is 29.7 Å². The summed E-state index contributed by atoms with van der Waals surface area (Å²) in [6, 6.07) is 6.11. The fourth-order valence-corrected chi connectivity index (χ4v) is 2.51. The van der Waals surface area contributed by atoms with Gasteiger partial charge in [-0.05, 0) is 30.5 Å². The van der Waals surface area contributed by atoms with Gasteiger partial charge in [-0.25, -0.2) is 13.1 Å². The molecule has 1 aliphatic rings. The molecule has 1 aliphatic heterocycles. The third-order valence-corrected chi connectivity index (χ3v) is 4.79. The van der Waals surface area contributed by atoms with Crippen molar-refractivity contribution < 1.29 is 8.42 Å². The SMILES string of the molecule is CC(C)S(=O)(=O)NCc1ccc2c(c1)CNC2. The third kappa shape index (κ3) is 2.86. The lowest BCUT2D eigenvalue weighted by atomic mass is 10.1. The van der Waals surface area contributed by atoms with E-state index < -0.39 is 15.3 Å². The molecule has 94 valence electrons. The standard InChI is InChI=1S/C12H18N2O2S/c1-9(2)17(15,16)14-6-10-3-4-11-7-13-8-12(11)5-10/h3-5,9,13-14H,6-8H2,1-2H3. The molecule has 1 aromatic carbocycles. The second kappa shape index (κ2) is 4.76. The molecule has 17 heavy (non-hydrogen) atoms. The van der Waals surface area contributed by atoms with Gasteiger partial charge in [0.25, 0.3) is 0 Å². The Kier molecular flexibility index (Phi) is 3.51. The van der Waals surface area contributed by atoms with Crippen LogP contribution in [0.5, 0.6) is 0 Å². The zero-order chi connectivity index (χ0) is 12.5. The summed E-state index contributed by atoms with van der Waals surface area (Å²) in [5, 5.41) is 2.88. The summed E-state index contributed by atoms with van der Waals surface area (Å²) in [5.41, 5.74) is 3.59. The summed E-state index contributed by atoms with van der Waals surface area (Å²) >= 11 is 0. The first-order chi connectivity index (χ1) is 7.99. The van der Waals surface area contributed by atoms with Crippen molar-refractivity contribution in [1.29, 1.82) is 0 Å². The smallest absolute Gasteiger partial charge is 0.214 e. The second-order valence-electron chi connectivity index (χ2n) is 4.62. The van der Waals surface area contributed by atoms with Crippen molar-refractivity contribution in [3.63, 3.8) is 0 Å². The number of benzene rings is 1. The van der Waals surface area contributed by atoms with Gasteiger partial charge in [-0.1, -0.05) is 18.2 Å². The van der Waals surface area contributed by atoms with Crippen LogP contribution in [0, 0.1) is 0 Å². The van der Waals surface area contributed by atoms with Crippen molar-refractivity contribution in [2.24, 2.45) is 0 Å². The Morgan fingerprint density at radius 3 is 2.71 bits per heavy atom. The molecule has 0 spiro atoms. The van der Waals surface area contributed by atoms with E-state index in [2.05, 4.69) is 22.2 Å². The molecule has 1 aromatic rings. The average Bonchev–Trinajstić information content (AvgIpc) is 2.73. The van der Waals surface area contributed by atoms with Gasteiger partial charge in [-0.3, -0.25) is 0 Å². The summed E-state index contributed by atoms with van der Waals surface area (Å²) in [6.07, 6.45) is 0. The first-order valence-corrected chi connectivity index (χ1v) is 7.33. The average molecular weight is 254 g/mol. The quantitative estimate of drug-likeness (QED) is 0.846. The number of hydrogen-bond donors (Lipinski definition) is 2. The van der Waals surface area contributed by atoms with Crippen LogP contribution < -0.4 is 10.0 Å². The second-order valence-corrected chi connectivity index (χ2v) is 6.94. The Labute approximate surface area is 102 Å². The molecule has 0 bridgehead atoms. The first-order valence-electron chi connectivity index (χ1n) is 5.79. The van der Waals surface area contributed by atoms with E-state index in [9.17, 15) is 8.42 Å². The van der Waals surface area contributed by atoms with Gasteiger partial charge in [-0.2, -0.15) is 0 Å². The van der Waals surface area contributed by atoms with Gasteiger partial charge in [0.05, 0.1) is 5.25 Å². The Bertz CT molecular complexity index is 509. The van der Waals surface area contributed by atoms with Gasteiger partial charge >= 0.3 is 0 Å². The van der Waals surface area contributed by atoms with E-state index in [1.807, 2.05) is 6.07 Å². The van der Waals surface area contributed by atoms with Crippen LogP contribution >= 0.6 is 0 Å². The van der Waals surface area contributed by atoms with Crippen molar-refractivity contribution in [2.45, 2.75) is 38.7 Å².